The zero-order chi connectivity index (χ0) is 15.7. The van der Waals surface area contributed by atoms with Crippen molar-refractivity contribution < 1.29 is 13.2 Å². The third-order valence-electron chi connectivity index (χ3n) is 3.93. The van der Waals surface area contributed by atoms with Crippen molar-refractivity contribution in [2.75, 3.05) is 26.7 Å². The van der Waals surface area contributed by atoms with E-state index < -0.39 is 10.0 Å². The van der Waals surface area contributed by atoms with Crippen LogP contribution in [0.5, 0.6) is 5.75 Å². The number of hydrogen-bond donors (Lipinski definition) is 1. The lowest BCUT2D eigenvalue weighted by molar-refractivity contribution is 0.348. The van der Waals surface area contributed by atoms with E-state index in [1.54, 1.807) is 0 Å². The van der Waals surface area contributed by atoms with E-state index in [2.05, 4.69) is 0 Å². The first kappa shape index (κ1) is 15.8. The van der Waals surface area contributed by atoms with Crippen LogP contribution in [0.25, 0.3) is 0 Å². The van der Waals surface area contributed by atoms with Crippen LogP contribution in [-0.4, -0.2) is 39.5 Å². The highest BCUT2D eigenvalue weighted by Crippen LogP contribution is 2.35. The molecule has 1 saturated heterocycles. The zero-order valence-corrected chi connectivity index (χ0v) is 13.0. The summed E-state index contributed by atoms with van der Waals surface area (Å²) in [5, 5.41) is 8.88. The van der Waals surface area contributed by atoms with E-state index in [-0.39, 0.29) is 16.1 Å². The molecule has 0 saturated carbocycles. The fourth-order valence-corrected chi connectivity index (χ4v) is 4.17. The van der Waals surface area contributed by atoms with E-state index in [4.69, 9.17) is 15.7 Å². The minimum atomic E-state index is -3.64. The largest absolute Gasteiger partial charge is 0.495 e. The first-order chi connectivity index (χ1) is 9.86. The van der Waals surface area contributed by atoms with Gasteiger partial charge in [0, 0.05) is 13.1 Å². The third kappa shape index (κ3) is 2.88. The Labute approximate surface area is 125 Å². The Morgan fingerprint density at radius 2 is 2.24 bits per heavy atom. The summed E-state index contributed by atoms with van der Waals surface area (Å²) >= 11 is 0. The van der Waals surface area contributed by atoms with Crippen LogP contribution in [0.3, 0.4) is 0 Å². The van der Waals surface area contributed by atoms with E-state index in [0.717, 1.165) is 6.42 Å². The predicted octanol–water partition coefficient (Wildman–Crippen LogP) is 0.926. The SMILES string of the molecule is COc1cc(C#N)ccc1S(=O)(=O)N1CC[C@@](C)(CN)C1. The number of rotatable bonds is 4. The van der Waals surface area contributed by atoms with Crippen molar-refractivity contribution in [2.24, 2.45) is 11.1 Å². The summed E-state index contributed by atoms with van der Waals surface area (Å²) < 4.78 is 32.0. The van der Waals surface area contributed by atoms with Crippen LogP contribution in [0.2, 0.25) is 0 Å². The molecule has 0 amide bonds. The standard InChI is InChI=1S/C14H19N3O3S/c1-14(9-16)5-6-17(10-14)21(18,19)13-4-3-11(8-15)7-12(13)20-2/h3-4,7H,5-6,9-10,16H2,1-2H3/t14-/m0/s1. The van der Waals surface area contributed by atoms with E-state index in [9.17, 15) is 8.42 Å². The smallest absolute Gasteiger partial charge is 0.246 e. The molecule has 2 rings (SSSR count). The van der Waals surface area contributed by atoms with Crippen LogP contribution in [-0.2, 0) is 10.0 Å². The molecule has 2 N–H and O–H groups in total. The van der Waals surface area contributed by atoms with Gasteiger partial charge in [-0.3, -0.25) is 0 Å². The van der Waals surface area contributed by atoms with Gasteiger partial charge in [0.25, 0.3) is 0 Å². The molecule has 1 aromatic rings. The van der Waals surface area contributed by atoms with Crippen molar-refractivity contribution in [2.45, 2.75) is 18.2 Å². The number of nitriles is 1. The van der Waals surface area contributed by atoms with Gasteiger partial charge in [0.05, 0.1) is 18.7 Å². The Hall–Kier alpha value is -1.62. The molecule has 1 heterocycles. The molecule has 1 atom stereocenters. The molecule has 7 heteroatoms. The Balaban J connectivity index is 2.40. The maximum absolute atomic E-state index is 12.7. The van der Waals surface area contributed by atoms with Crippen molar-refractivity contribution in [3.63, 3.8) is 0 Å². The normalized spacial score (nSPS) is 23.0. The summed E-state index contributed by atoms with van der Waals surface area (Å²) in [5.74, 6) is 0.190. The van der Waals surface area contributed by atoms with Crippen LogP contribution in [0.1, 0.15) is 18.9 Å². The number of methoxy groups -OCH3 is 1. The number of nitrogens with two attached hydrogens (primary N) is 1. The van der Waals surface area contributed by atoms with Gasteiger partial charge in [-0.25, -0.2) is 8.42 Å². The molecule has 0 aromatic heterocycles. The second-order valence-electron chi connectivity index (χ2n) is 5.58. The highest BCUT2D eigenvalue weighted by Gasteiger charge is 2.39. The van der Waals surface area contributed by atoms with Crippen LogP contribution in [0, 0.1) is 16.7 Å². The van der Waals surface area contributed by atoms with Gasteiger partial charge >= 0.3 is 0 Å². The highest BCUT2D eigenvalue weighted by atomic mass is 32.2. The summed E-state index contributed by atoms with van der Waals surface area (Å²) in [5.41, 5.74) is 5.90. The Morgan fingerprint density at radius 3 is 2.76 bits per heavy atom. The number of benzene rings is 1. The van der Waals surface area contributed by atoms with Gasteiger partial charge in [0.1, 0.15) is 10.6 Å². The zero-order valence-electron chi connectivity index (χ0n) is 12.2. The molecule has 1 aromatic carbocycles. The average Bonchev–Trinajstić information content (AvgIpc) is 2.90. The fourth-order valence-electron chi connectivity index (χ4n) is 2.44. The Morgan fingerprint density at radius 1 is 1.52 bits per heavy atom. The fraction of sp³-hybridized carbons (Fsp3) is 0.500. The van der Waals surface area contributed by atoms with Crippen molar-refractivity contribution in [3.05, 3.63) is 23.8 Å². The number of hydrogen-bond acceptors (Lipinski definition) is 5. The summed E-state index contributed by atoms with van der Waals surface area (Å²) in [6.07, 6.45) is 0.737. The Kier molecular flexibility index (Phi) is 4.23. The topological polar surface area (TPSA) is 96.4 Å². The van der Waals surface area contributed by atoms with Crippen molar-refractivity contribution in [1.29, 1.82) is 5.26 Å². The van der Waals surface area contributed by atoms with Gasteiger partial charge in [0.2, 0.25) is 10.0 Å². The Bertz CT molecular complexity index is 681. The molecule has 1 fully saturated rings. The van der Waals surface area contributed by atoms with E-state index in [1.165, 1.54) is 29.6 Å². The van der Waals surface area contributed by atoms with Crippen molar-refractivity contribution in [1.82, 2.24) is 4.31 Å². The molecule has 0 spiro atoms. The average molecular weight is 309 g/mol. The molecule has 0 radical (unpaired) electrons. The van der Waals surface area contributed by atoms with Gasteiger partial charge in [-0.15, -0.1) is 0 Å². The summed E-state index contributed by atoms with van der Waals surface area (Å²) in [6, 6.07) is 6.30. The first-order valence-corrected chi connectivity index (χ1v) is 8.09. The van der Waals surface area contributed by atoms with Gasteiger partial charge in [-0.1, -0.05) is 6.92 Å². The molecule has 0 aliphatic carbocycles. The molecule has 6 nitrogen and oxygen atoms in total. The quantitative estimate of drug-likeness (QED) is 0.892. The van der Waals surface area contributed by atoms with Crippen molar-refractivity contribution >= 4 is 10.0 Å². The summed E-state index contributed by atoms with van der Waals surface area (Å²) in [4.78, 5) is 0.0882. The van der Waals surface area contributed by atoms with Crippen molar-refractivity contribution in [3.8, 4) is 11.8 Å². The van der Waals surface area contributed by atoms with Gasteiger partial charge < -0.3 is 10.5 Å². The maximum atomic E-state index is 12.7. The van der Waals surface area contributed by atoms with E-state index >= 15 is 0 Å². The minimum Gasteiger partial charge on any atom is -0.495 e. The van der Waals surface area contributed by atoms with Gasteiger partial charge in [-0.2, -0.15) is 9.57 Å². The third-order valence-corrected chi connectivity index (χ3v) is 5.81. The molecular formula is C14H19N3O3S. The van der Waals surface area contributed by atoms with E-state index in [1.807, 2.05) is 13.0 Å². The summed E-state index contributed by atoms with van der Waals surface area (Å²) in [6.45, 7) is 3.27. The van der Waals surface area contributed by atoms with Crippen LogP contribution in [0.4, 0.5) is 0 Å². The van der Waals surface area contributed by atoms with E-state index in [0.29, 0.717) is 25.2 Å². The van der Waals surface area contributed by atoms with Crippen LogP contribution >= 0.6 is 0 Å². The number of ether oxygens (including phenoxy) is 1. The second-order valence-corrected chi connectivity index (χ2v) is 7.49. The predicted molar refractivity (Wildman–Crippen MR) is 78.2 cm³/mol. The lowest BCUT2D eigenvalue weighted by Crippen LogP contribution is -2.34. The monoisotopic (exact) mass is 309 g/mol. The first-order valence-electron chi connectivity index (χ1n) is 6.65. The maximum Gasteiger partial charge on any atom is 0.246 e. The molecule has 0 unspecified atom stereocenters. The van der Waals surface area contributed by atoms with Crippen LogP contribution < -0.4 is 10.5 Å². The van der Waals surface area contributed by atoms with Gasteiger partial charge in [0.15, 0.2) is 0 Å². The minimum absolute atomic E-state index is 0.0882. The molecule has 1 aliphatic rings. The lowest BCUT2D eigenvalue weighted by Gasteiger charge is -2.23. The molecule has 21 heavy (non-hydrogen) atoms. The molecule has 1 aliphatic heterocycles. The summed E-state index contributed by atoms with van der Waals surface area (Å²) in [7, 11) is -2.25. The molecular weight excluding hydrogens is 290 g/mol. The number of nitrogens with zero attached hydrogens (tertiary/aromatic N) is 2. The molecule has 114 valence electrons. The van der Waals surface area contributed by atoms with Gasteiger partial charge in [-0.05, 0) is 36.6 Å². The molecule has 0 bridgehead atoms. The van der Waals surface area contributed by atoms with Crippen LogP contribution in [0.15, 0.2) is 23.1 Å². The highest BCUT2D eigenvalue weighted by molar-refractivity contribution is 7.89. The number of sulfonamides is 1. The second kappa shape index (κ2) is 5.64. The lowest BCUT2D eigenvalue weighted by atomic mass is 9.90.